The number of aromatic nitrogens is 1. The first-order valence-electron chi connectivity index (χ1n) is 6.32. The predicted octanol–water partition coefficient (Wildman–Crippen LogP) is 3.06. The number of benzene rings is 1. The molecule has 0 unspecified atom stereocenters. The molecule has 3 nitrogen and oxygen atoms in total. The molecule has 2 aromatic rings. The highest BCUT2D eigenvalue weighted by molar-refractivity contribution is 5.77. The Balaban J connectivity index is 1.66. The fourth-order valence-corrected chi connectivity index (χ4v) is 2.24. The highest BCUT2D eigenvalue weighted by atomic mass is 15.1. The molecule has 0 fully saturated rings. The van der Waals surface area contributed by atoms with Crippen LogP contribution in [0.3, 0.4) is 0 Å². The Labute approximate surface area is 107 Å². The fourth-order valence-electron chi connectivity index (χ4n) is 2.24. The van der Waals surface area contributed by atoms with E-state index in [0.717, 1.165) is 25.2 Å². The molecule has 3 heteroatoms. The Bertz CT molecular complexity index is 538. The molecular weight excluding hydrogens is 222 g/mol. The first-order valence-corrected chi connectivity index (χ1v) is 6.32. The molecule has 3 rings (SSSR count). The number of H-pyrrole nitrogens is 1. The van der Waals surface area contributed by atoms with Gasteiger partial charge in [0, 0.05) is 11.3 Å². The molecule has 2 N–H and O–H groups in total. The van der Waals surface area contributed by atoms with Crippen molar-refractivity contribution < 1.29 is 0 Å². The summed E-state index contributed by atoms with van der Waals surface area (Å²) in [4.78, 5) is 7.62. The van der Waals surface area contributed by atoms with E-state index in [-0.39, 0.29) is 0 Å². The van der Waals surface area contributed by atoms with E-state index in [2.05, 4.69) is 52.5 Å². The van der Waals surface area contributed by atoms with Crippen molar-refractivity contribution in [3.63, 3.8) is 0 Å². The second kappa shape index (κ2) is 4.69. The third kappa shape index (κ3) is 2.30. The summed E-state index contributed by atoms with van der Waals surface area (Å²) in [5.74, 6) is 1.10. The molecule has 0 saturated heterocycles. The molecule has 1 aliphatic rings. The summed E-state index contributed by atoms with van der Waals surface area (Å²) in [5.41, 5.74) is 5.24. The smallest absolute Gasteiger partial charge is 0.113 e. The molecule has 1 aromatic carbocycles. The van der Waals surface area contributed by atoms with E-state index in [1.165, 1.54) is 22.4 Å². The van der Waals surface area contributed by atoms with Crippen LogP contribution in [-0.2, 0) is 19.4 Å². The molecular formula is C15H17N3. The van der Waals surface area contributed by atoms with E-state index in [4.69, 9.17) is 0 Å². The van der Waals surface area contributed by atoms with Crippen LogP contribution in [0.2, 0.25) is 0 Å². The second-order valence-corrected chi connectivity index (χ2v) is 4.79. The topological polar surface area (TPSA) is 40.2 Å². The number of anilines is 1. The molecule has 1 aromatic heterocycles. The summed E-state index contributed by atoms with van der Waals surface area (Å²) in [6, 6.07) is 11.0. The lowest BCUT2D eigenvalue weighted by Gasteiger charge is -2.04. The van der Waals surface area contributed by atoms with Crippen LogP contribution in [0.15, 0.2) is 35.3 Å². The van der Waals surface area contributed by atoms with E-state index in [1.807, 2.05) is 0 Å². The minimum Gasteiger partial charge on any atom is -0.345 e. The molecule has 0 bridgehead atoms. The number of hydrogen-bond acceptors (Lipinski definition) is 2. The Morgan fingerprint density at radius 3 is 2.78 bits per heavy atom. The maximum absolute atomic E-state index is 4.20. The van der Waals surface area contributed by atoms with Crippen LogP contribution in [0.5, 0.6) is 0 Å². The predicted molar refractivity (Wildman–Crippen MR) is 75.2 cm³/mol. The van der Waals surface area contributed by atoms with Crippen molar-refractivity contribution in [2.45, 2.75) is 26.3 Å². The molecule has 1 aliphatic heterocycles. The molecule has 2 heterocycles. The van der Waals surface area contributed by atoms with Gasteiger partial charge in [-0.25, -0.2) is 0 Å². The van der Waals surface area contributed by atoms with E-state index < -0.39 is 0 Å². The number of aliphatic imine (C=N–C) groups is 1. The lowest BCUT2D eigenvalue weighted by Crippen LogP contribution is -2.03. The van der Waals surface area contributed by atoms with Gasteiger partial charge in [0.05, 0.1) is 12.9 Å². The van der Waals surface area contributed by atoms with Crippen LogP contribution < -0.4 is 5.32 Å². The van der Waals surface area contributed by atoms with Crippen LogP contribution in [0.25, 0.3) is 0 Å². The van der Waals surface area contributed by atoms with Crippen molar-refractivity contribution >= 4 is 12.2 Å². The maximum atomic E-state index is 4.20. The zero-order chi connectivity index (χ0) is 12.4. The van der Waals surface area contributed by atoms with Gasteiger partial charge < -0.3 is 10.3 Å². The van der Waals surface area contributed by atoms with Crippen LogP contribution in [0.1, 0.15) is 22.4 Å². The molecule has 0 spiro atoms. The number of nitrogens with zero attached hydrogens (tertiary/aromatic N) is 1. The van der Waals surface area contributed by atoms with Crippen LogP contribution in [0, 0.1) is 6.92 Å². The Hall–Kier alpha value is -2.03. The quantitative estimate of drug-likeness (QED) is 0.849. The number of aromatic amines is 1. The highest BCUT2D eigenvalue weighted by Crippen LogP contribution is 2.20. The van der Waals surface area contributed by atoms with Crippen LogP contribution in [0.4, 0.5) is 5.82 Å². The maximum Gasteiger partial charge on any atom is 0.113 e. The van der Waals surface area contributed by atoms with Crippen LogP contribution in [-0.4, -0.2) is 11.3 Å². The van der Waals surface area contributed by atoms with E-state index >= 15 is 0 Å². The lowest BCUT2D eigenvalue weighted by molar-refractivity contribution is 0.926. The monoisotopic (exact) mass is 239 g/mol. The molecule has 0 amide bonds. The third-order valence-electron chi connectivity index (χ3n) is 3.32. The number of aryl methyl sites for hydroxylation is 3. The van der Waals surface area contributed by atoms with Gasteiger partial charge in [-0.1, -0.05) is 29.8 Å². The molecule has 0 saturated carbocycles. The van der Waals surface area contributed by atoms with Crippen molar-refractivity contribution in [2.75, 3.05) is 5.32 Å². The van der Waals surface area contributed by atoms with Gasteiger partial charge in [0.1, 0.15) is 5.82 Å². The van der Waals surface area contributed by atoms with Crippen molar-refractivity contribution in [3.8, 4) is 0 Å². The first kappa shape index (κ1) is 11.1. The standard InChI is InChI=1S/C15H17N3/c1-11-2-4-12(5-3-11)6-7-14-8-13-9-16-10-17-15(13)18-14/h2-5,8,10,18H,6-7,9H2,1H3,(H,16,17). The van der Waals surface area contributed by atoms with Gasteiger partial charge >= 0.3 is 0 Å². The minimum absolute atomic E-state index is 0.781. The third-order valence-corrected chi connectivity index (χ3v) is 3.32. The molecule has 92 valence electrons. The van der Waals surface area contributed by atoms with Gasteiger partial charge in [-0.15, -0.1) is 0 Å². The SMILES string of the molecule is Cc1ccc(CCc2cc3c([nH]2)NC=NC3)cc1. The number of nitrogens with one attached hydrogen (secondary N) is 2. The van der Waals surface area contributed by atoms with Crippen molar-refractivity contribution in [3.05, 3.63) is 52.7 Å². The summed E-state index contributed by atoms with van der Waals surface area (Å²) in [6.07, 6.45) is 3.86. The Kier molecular flexibility index (Phi) is 2.89. The van der Waals surface area contributed by atoms with Crippen molar-refractivity contribution in [1.82, 2.24) is 4.98 Å². The second-order valence-electron chi connectivity index (χ2n) is 4.79. The summed E-state index contributed by atoms with van der Waals surface area (Å²) in [7, 11) is 0. The highest BCUT2D eigenvalue weighted by Gasteiger charge is 2.09. The number of hydrogen-bond donors (Lipinski definition) is 2. The molecule has 18 heavy (non-hydrogen) atoms. The summed E-state index contributed by atoms with van der Waals surface area (Å²) in [6.45, 7) is 2.90. The van der Waals surface area contributed by atoms with Gasteiger partial charge in [-0.05, 0) is 31.4 Å². The largest absolute Gasteiger partial charge is 0.345 e. The van der Waals surface area contributed by atoms with Gasteiger partial charge in [0.2, 0.25) is 0 Å². The lowest BCUT2D eigenvalue weighted by atomic mass is 10.1. The van der Waals surface area contributed by atoms with E-state index in [9.17, 15) is 0 Å². The van der Waals surface area contributed by atoms with Crippen molar-refractivity contribution in [1.29, 1.82) is 0 Å². The normalized spacial score (nSPS) is 13.2. The van der Waals surface area contributed by atoms with Crippen LogP contribution >= 0.6 is 0 Å². The zero-order valence-corrected chi connectivity index (χ0v) is 10.5. The Morgan fingerprint density at radius 1 is 1.17 bits per heavy atom. The van der Waals surface area contributed by atoms with E-state index in [0.29, 0.717) is 0 Å². The first-order chi connectivity index (χ1) is 8.81. The fraction of sp³-hybridized carbons (Fsp3) is 0.267. The molecule has 0 aliphatic carbocycles. The number of fused-ring (bicyclic) bond motifs is 1. The van der Waals surface area contributed by atoms with Gasteiger partial charge in [0.25, 0.3) is 0 Å². The average Bonchev–Trinajstić information content (AvgIpc) is 2.81. The van der Waals surface area contributed by atoms with Gasteiger partial charge in [0.15, 0.2) is 0 Å². The summed E-state index contributed by atoms with van der Waals surface area (Å²) < 4.78 is 0. The van der Waals surface area contributed by atoms with Gasteiger partial charge in [-0.2, -0.15) is 0 Å². The average molecular weight is 239 g/mol. The Morgan fingerprint density at radius 2 is 2.00 bits per heavy atom. The van der Waals surface area contributed by atoms with E-state index in [1.54, 1.807) is 6.34 Å². The zero-order valence-electron chi connectivity index (χ0n) is 10.5. The number of rotatable bonds is 3. The molecule has 0 atom stereocenters. The van der Waals surface area contributed by atoms with Gasteiger partial charge in [-0.3, -0.25) is 4.99 Å². The summed E-state index contributed by atoms with van der Waals surface area (Å²) >= 11 is 0. The molecule has 0 radical (unpaired) electrons. The minimum atomic E-state index is 0.781. The van der Waals surface area contributed by atoms with Crippen molar-refractivity contribution in [2.24, 2.45) is 4.99 Å². The summed E-state index contributed by atoms with van der Waals surface area (Å²) in [5, 5.41) is 3.14.